The molecule has 8 N–H and O–H groups in total. The first kappa shape index (κ1) is 11.2. The second-order valence-electron chi connectivity index (χ2n) is 2.91. The lowest BCUT2D eigenvalue weighted by Gasteiger charge is -2.15. The monoisotopic (exact) mass is 217 g/mol. The van der Waals surface area contributed by atoms with Gasteiger partial charge in [0.2, 0.25) is 17.2 Å². The van der Waals surface area contributed by atoms with Crippen molar-refractivity contribution in [3.8, 4) is 28.7 Å². The van der Waals surface area contributed by atoms with Crippen LogP contribution in [0.4, 0.5) is 0 Å². The molecule has 0 radical (unpaired) electrons. The topological polar surface area (TPSA) is 147 Å². The molecule has 15 heavy (non-hydrogen) atoms. The number of rotatable bonds is 2. The van der Waals surface area contributed by atoms with Crippen LogP contribution in [0.15, 0.2) is 0 Å². The molecule has 1 aromatic rings. The third kappa shape index (κ3) is 1.58. The molecule has 1 aromatic carbocycles. The zero-order valence-corrected chi connectivity index (χ0v) is 7.55. The fraction of sp³-hybridized carbons (Fsp3) is 0.250. The minimum Gasteiger partial charge on any atom is -0.504 e. The maximum Gasteiger partial charge on any atom is 0.208 e. The van der Waals surface area contributed by atoms with Gasteiger partial charge < -0.3 is 36.4 Å². The summed E-state index contributed by atoms with van der Waals surface area (Å²) in [5.41, 5.74) is 4.55. The number of hydrogen-bond acceptors (Lipinski definition) is 7. The lowest BCUT2D eigenvalue weighted by atomic mass is 10.0. The van der Waals surface area contributed by atoms with Gasteiger partial charge in [-0.25, -0.2) is 0 Å². The highest BCUT2D eigenvalue weighted by Gasteiger charge is 2.26. The van der Waals surface area contributed by atoms with Crippen molar-refractivity contribution in [1.29, 1.82) is 0 Å². The molecule has 7 heteroatoms. The zero-order valence-electron chi connectivity index (χ0n) is 7.55. The normalized spacial score (nSPS) is 12.7. The fourth-order valence-corrected chi connectivity index (χ4v) is 1.14. The first-order chi connectivity index (χ1) is 6.91. The summed E-state index contributed by atoms with van der Waals surface area (Å²) in [6, 6.07) is 0. The molecule has 0 amide bonds. The van der Waals surface area contributed by atoms with Crippen molar-refractivity contribution in [3.63, 3.8) is 0 Å². The summed E-state index contributed by atoms with van der Waals surface area (Å²) in [5.74, 6) is -5.00. The Kier molecular flexibility index (Phi) is 2.78. The number of aromatic hydroxyl groups is 5. The van der Waals surface area contributed by atoms with Gasteiger partial charge in [-0.1, -0.05) is 0 Å². The highest BCUT2D eigenvalue weighted by Crippen LogP contribution is 2.52. The van der Waals surface area contributed by atoms with Crippen molar-refractivity contribution in [2.45, 2.75) is 6.10 Å². The van der Waals surface area contributed by atoms with E-state index >= 15 is 0 Å². The van der Waals surface area contributed by atoms with Crippen LogP contribution in [0.5, 0.6) is 28.7 Å². The van der Waals surface area contributed by atoms with Gasteiger partial charge in [-0.15, -0.1) is 0 Å². The van der Waals surface area contributed by atoms with Crippen LogP contribution in [0.1, 0.15) is 11.7 Å². The number of hydrogen-bond donors (Lipinski definition) is 7. The van der Waals surface area contributed by atoms with E-state index in [0.717, 1.165) is 0 Å². The van der Waals surface area contributed by atoms with E-state index in [4.69, 9.17) is 21.1 Å². The first-order valence-corrected chi connectivity index (χ1v) is 3.98. The molecule has 0 unspecified atom stereocenters. The van der Waals surface area contributed by atoms with Crippen LogP contribution in [0.25, 0.3) is 0 Å². The Morgan fingerprint density at radius 1 is 0.800 bits per heavy atom. The van der Waals surface area contributed by atoms with Gasteiger partial charge in [0.1, 0.15) is 0 Å². The van der Waals surface area contributed by atoms with E-state index in [-0.39, 0.29) is 6.54 Å². The summed E-state index contributed by atoms with van der Waals surface area (Å²) in [7, 11) is 0. The van der Waals surface area contributed by atoms with Crippen LogP contribution in [-0.2, 0) is 0 Å². The molecule has 0 aliphatic rings. The van der Waals surface area contributed by atoms with Gasteiger partial charge in [-0.05, 0) is 0 Å². The van der Waals surface area contributed by atoms with E-state index in [0.29, 0.717) is 0 Å². The molecule has 0 saturated heterocycles. The molecule has 0 aromatic heterocycles. The molecule has 0 aliphatic heterocycles. The number of aliphatic hydroxyl groups excluding tert-OH is 1. The Morgan fingerprint density at radius 2 is 1.13 bits per heavy atom. The van der Waals surface area contributed by atoms with E-state index in [9.17, 15) is 15.3 Å². The zero-order chi connectivity index (χ0) is 11.7. The van der Waals surface area contributed by atoms with Gasteiger partial charge in [0, 0.05) is 6.54 Å². The van der Waals surface area contributed by atoms with Crippen LogP contribution in [0.3, 0.4) is 0 Å². The number of nitrogens with two attached hydrogens (primary N) is 1. The Hall–Kier alpha value is -1.86. The van der Waals surface area contributed by atoms with Gasteiger partial charge in [0.25, 0.3) is 0 Å². The standard InChI is InChI=1S/C8H11NO6/c9-1-2(10)3-4(11)6(13)8(15)7(14)5(3)12/h2,10-15H,1,9H2/t2-/m1/s1. The van der Waals surface area contributed by atoms with Gasteiger partial charge >= 0.3 is 0 Å². The Morgan fingerprint density at radius 3 is 1.47 bits per heavy atom. The van der Waals surface area contributed by atoms with Crippen molar-refractivity contribution in [2.75, 3.05) is 6.54 Å². The maximum atomic E-state index is 9.29. The van der Waals surface area contributed by atoms with Crippen molar-refractivity contribution >= 4 is 0 Å². The van der Waals surface area contributed by atoms with Crippen LogP contribution in [0.2, 0.25) is 0 Å². The first-order valence-electron chi connectivity index (χ1n) is 3.98. The Bertz CT molecular complexity index is 362. The molecule has 1 rings (SSSR count). The van der Waals surface area contributed by atoms with E-state index < -0.39 is 40.4 Å². The molecule has 0 spiro atoms. The van der Waals surface area contributed by atoms with Gasteiger partial charge in [-0.3, -0.25) is 0 Å². The number of aliphatic hydroxyl groups is 1. The summed E-state index contributed by atoms with van der Waals surface area (Å²) in [4.78, 5) is 0. The van der Waals surface area contributed by atoms with Gasteiger partial charge in [0.15, 0.2) is 11.5 Å². The van der Waals surface area contributed by atoms with Crippen LogP contribution in [-0.4, -0.2) is 37.2 Å². The van der Waals surface area contributed by atoms with Crippen LogP contribution < -0.4 is 5.73 Å². The number of benzene rings is 1. The average molecular weight is 217 g/mol. The summed E-state index contributed by atoms with van der Waals surface area (Å²) < 4.78 is 0. The highest BCUT2D eigenvalue weighted by molar-refractivity contribution is 5.68. The predicted molar refractivity (Wildman–Crippen MR) is 48.8 cm³/mol. The minimum absolute atomic E-state index is 0.342. The van der Waals surface area contributed by atoms with Gasteiger partial charge in [0.05, 0.1) is 11.7 Å². The quantitative estimate of drug-likeness (QED) is 0.253. The molecule has 0 heterocycles. The van der Waals surface area contributed by atoms with Crippen LogP contribution in [0, 0.1) is 0 Å². The van der Waals surface area contributed by atoms with E-state index in [1.807, 2.05) is 0 Å². The van der Waals surface area contributed by atoms with Crippen LogP contribution >= 0.6 is 0 Å². The lowest BCUT2D eigenvalue weighted by molar-refractivity contribution is 0.175. The molecule has 0 bridgehead atoms. The van der Waals surface area contributed by atoms with Crippen molar-refractivity contribution in [2.24, 2.45) is 5.73 Å². The molecule has 0 fully saturated rings. The Labute approximate surface area is 84.3 Å². The molecule has 7 nitrogen and oxygen atoms in total. The molecule has 1 atom stereocenters. The largest absolute Gasteiger partial charge is 0.504 e. The third-order valence-electron chi connectivity index (χ3n) is 1.96. The number of phenols is 5. The highest BCUT2D eigenvalue weighted by atomic mass is 16.4. The van der Waals surface area contributed by atoms with Crippen molar-refractivity contribution in [1.82, 2.24) is 0 Å². The van der Waals surface area contributed by atoms with E-state index in [2.05, 4.69) is 0 Å². The summed E-state index contributed by atoms with van der Waals surface area (Å²) in [6.45, 7) is -0.342. The summed E-state index contributed by atoms with van der Waals surface area (Å²) in [6.07, 6.45) is -1.47. The molecule has 84 valence electrons. The Balaban J connectivity index is 3.52. The predicted octanol–water partition coefficient (Wildman–Crippen LogP) is -0.793. The smallest absolute Gasteiger partial charge is 0.208 e. The third-order valence-corrected chi connectivity index (χ3v) is 1.96. The second-order valence-corrected chi connectivity index (χ2v) is 2.91. The van der Waals surface area contributed by atoms with E-state index in [1.165, 1.54) is 0 Å². The second kappa shape index (κ2) is 3.71. The van der Waals surface area contributed by atoms with Gasteiger partial charge in [-0.2, -0.15) is 0 Å². The minimum atomic E-state index is -1.47. The molecule has 0 saturated carbocycles. The van der Waals surface area contributed by atoms with Crippen molar-refractivity contribution < 1.29 is 30.6 Å². The fourth-order valence-electron chi connectivity index (χ4n) is 1.14. The summed E-state index contributed by atoms with van der Waals surface area (Å²) >= 11 is 0. The molecule has 0 aliphatic carbocycles. The lowest BCUT2D eigenvalue weighted by Crippen LogP contribution is -2.12. The number of phenolic OH excluding ortho intramolecular Hbond substituents is 5. The van der Waals surface area contributed by atoms with Crippen molar-refractivity contribution in [3.05, 3.63) is 5.56 Å². The molecular formula is C8H11NO6. The average Bonchev–Trinajstić information content (AvgIpc) is 2.23. The SMILES string of the molecule is NC[C@@H](O)c1c(O)c(O)c(O)c(O)c1O. The molecular weight excluding hydrogens is 206 g/mol. The maximum absolute atomic E-state index is 9.29. The van der Waals surface area contributed by atoms with E-state index in [1.54, 1.807) is 0 Å². The summed E-state index contributed by atoms with van der Waals surface area (Å²) in [5, 5.41) is 55.1.